The molecule has 0 spiro atoms. The minimum absolute atomic E-state index is 0.113. The first kappa shape index (κ1) is 44.6. The molecule has 2 aromatic rings. The molecule has 304 valence electrons. The summed E-state index contributed by atoms with van der Waals surface area (Å²) in [6, 6.07) is 11.6. The zero-order valence-electron chi connectivity index (χ0n) is 33.1. The Hall–Kier alpha value is -2.45. The minimum atomic E-state index is -2.59. The molecule has 0 saturated heterocycles. The largest absolute Gasteiger partial charge is 0.506 e. The molecule has 2 unspecified atom stereocenters. The third kappa shape index (κ3) is 9.37. The van der Waals surface area contributed by atoms with E-state index in [2.05, 4.69) is 23.4 Å². The molecule has 0 bridgehead atoms. The number of carbonyl (C=O) groups excluding carboxylic acids is 2. The molecule has 56 heavy (non-hydrogen) atoms. The Morgan fingerprint density at radius 2 is 1.61 bits per heavy atom. The van der Waals surface area contributed by atoms with Gasteiger partial charge in [-0.3, -0.25) is 9.59 Å². The zero-order valence-corrected chi connectivity index (χ0v) is 37.8. The fraction of sp³-hybridized carbons (Fsp3) is 0.462. The summed E-state index contributed by atoms with van der Waals surface area (Å²) in [6.07, 6.45) is 6.15. The number of hydrogen-bond donors (Lipinski definition) is 2. The Morgan fingerprint density at radius 3 is 2.21 bits per heavy atom. The maximum atomic E-state index is 14.1. The standard InChI is InChI=1S/C39H51FN2O9P4S/c1-38(2)29-21-25(54(5,6)47)14-16-31(29)41(18-11-9-10-13-35(43)49-53(40)52)33(38)23-27-36(44)28(37(27)45)24-34-39(3,4)30-22-26(55(7,8)48)15-17-32(30)42(34)19-12-20-56-51-50-46/h14-17,21-24H,9-13,18-20,52H2,1-8H3,(H-,44,45,46)/p+1. The zero-order chi connectivity index (χ0) is 41.4. The number of aliphatic hydroxyl groups excluding tert-OH is 1. The van der Waals surface area contributed by atoms with E-state index in [0.29, 0.717) is 44.5 Å². The molecule has 2 atom stereocenters. The smallest absolute Gasteiger partial charge is 0.310 e. The number of rotatable bonds is 17. The Kier molecular flexibility index (Phi) is 13.9. The van der Waals surface area contributed by atoms with Gasteiger partial charge in [-0.05, 0) is 104 Å². The van der Waals surface area contributed by atoms with Gasteiger partial charge in [0, 0.05) is 82.3 Å². The first-order chi connectivity index (χ1) is 26.1. The van der Waals surface area contributed by atoms with Gasteiger partial charge in [0.15, 0.2) is 5.71 Å². The van der Waals surface area contributed by atoms with Crippen molar-refractivity contribution in [2.45, 2.75) is 70.6 Å². The number of benzene rings is 2. The summed E-state index contributed by atoms with van der Waals surface area (Å²) in [7, 11) is -5.63. The second kappa shape index (κ2) is 17.4. The fourth-order valence-electron chi connectivity index (χ4n) is 7.58. The molecule has 0 aromatic heterocycles. The number of Topliss-reactive ketones (excluding diaryl/α,β-unsaturated/α-hetero) is 1. The van der Waals surface area contributed by atoms with Crippen molar-refractivity contribution in [3.63, 3.8) is 0 Å². The first-order valence-corrected chi connectivity index (χ1v) is 27.2. The molecule has 5 rings (SSSR count). The maximum Gasteiger partial charge on any atom is 0.310 e. The quantitative estimate of drug-likeness (QED) is 0.0299. The number of halogens is 1. The number of allylic oxidation sites excluding steroid dienone is 5. The summed E-state index contributed by atoms with van der Waals surface area (Å²) in [6.45, 7) is 16.2. The normalized spacial score (nSPS) is 19.5. The summed E-state index contributed by atoms with van der Waals surface area (Å²) in [5, 5.41) is 25.4. The molecule has 2 N–H and O–H groups in total. The van der Waals surface area contributed by atoms with Gasteiger partial charge in [-0.1, -0.05) is 25.3 Å². The van der Waals surface area contributed by atoms with Gasteiger partial charge in [-0.15, -0.1) is 4.33 Å². The van der Waals surface area contributed by atoms with Gasteiger partial charge in [-0.25, -0.2) is 5.26 Å². The van der Waals surface area contributed by atoms with Crippen LogP contribution >= 0.6 is 43.4 Å². The monoisotopic (exact) mass is 867 g/mol. The number of anilines is 1. The van der Waals surface area contributed by atoms with Gasteiger partial charge in [0.2, 0.25) is 11.5 Å². The van der Waals surface area contributed by atoms with E-state index in [1.165, 1.54) is 0 Å². The molecule has 2 heterocycles. The van der Waals surface area contributed by atoms with Gasteiger partial charge in [0.1, 0.15) is 26.6 Å². The SMILES string of the molecule is CC1(C)C(/C=C2/C(=O)C(/C=C3/N(CCCCCC(=O)OP(F)P)c4ccc(P(C)(C)=O)cc4C3(C)C)=C2O)=[N+](CCCSOOO)c2ccc(P(C)(C)=O)cc21. The van der Waals surface area contributed by atoms with Crippen molar-refractivity contribution >= 4 is 82.9 Å². The highest BCUT2D eigenvalue weighted by Gasteiger charge is 2.48. The molecule has 2 aliphatic heterocycles. The van der Waals surface area contributed by atoms with E-state index < -0.39 is 39.2 Å². The van der Waals surface area contributed by atoms with Gasteiger partial charge in [0.05, 0.1) is 16.6 Å². The van der Waals surface area contributed by atoms with Crippen molar-refractivity contribution in [1.29, 1.82) is 0 Å². The second-order valence-electron chi connectivity index (χ2n) is 16.1. The molecule has 11 nitrogen and oxygen atoms in total. The van der Waals surface area contributed by atoms with Gasteiger partial charge in [0.25, 0.3) is 8.15 Å². The number of hydrogen-bond acceptors (Lipinski definition) is 11. The van der Waals surface area contributed by atoms with E-state index in [9.17, 15) is 28.0 Å². The molecular weight excluding hydrogens is 815 g/mol. The first-order valence-electron chi connectivity index (χ1n) is 18.4. The van der Waals surface area contributed by atoms with Crippen LogP contribution in [0, 0.1) is 0 Å². The highest BCUT2D eigenvalue weighted by molar-refractivity contribution is 8.08. The molecule has 0 fully saturated rings. The predicted molar refractivity (Wildman–Crippen MR) is 229 cm³/mol. The number of carbonyl (C=O) groups is 2. The molecule has 0 saturated carbocycles. The van der Waals surface area contributed by atoms with Crippen LogP contribution in [0.5, 0.6) is 0 Å². The average Bonchev–Trinajstić information content (AvgIpc) is 3.45. The van der Waals surface area contributed by atoms with E-state index in [1.807, 2.05) is 73.0 Å². The summed E-state index contributed by atoms with van der Waals surface area (Å²) >= 11 is 0.960. The lowest BCUT2D eigenvalue weighted by Crippen LogP contribution is -2.32. The fourth-order valence-corrected chi connectivity index (χ4v) is 10.3. The van der Waals surface area contributed by atoms with Crippen LogP contribution in [0.2, 0.25) is 0 Å². The van der Waals surface area contributed by atoms with Crippen LogP contribution in [0.1, 0.15) is 70.9 Å². The van der Waals surface area contributed by atoms with Crippen molar-refractivity contribution in [3.8, 4) is 0 Å². The van der Waals surface area contributed by atoms with Gasteiger partial charge in [-0.2, -0.15) is 8.77 Å². The third-order valence-electron chi connectivity index (χ3n) is 10.7. The minimum Gasteiger partial charge on any atom is -0.506 e. The summed E-state index contributed by atoms with van der Waals surface area (Å²) in [5.41, 5.74) is 4.51. The van der Waals surface area contributed by atoms with Gasteiger partial charge < -0.3 is 23.7 Å². The second-order valence-corrected chi connectivity index (χ2v) is 25.2. The van der Waals surface area contributed by atoms with Crippen molar-refractivity contribution in [2.24, 2.45) is 0 Å². The Morgan fingerprint density at radius 1 is 0.964 bits per heavy atom. The predicted octanol–water partition coefficient (Wildman–Crippen LogP) is 9.20. The van der Waals surface area contributed by atoms with Crippen LogP contribution in [0.15, 0.2) is 71.2 Å². The topological polar surface area (TPSA) is 143 Å². The lowest BCUT2D eigenvalue weighted by atomic mass is 9.77. The third-order valence-corrected chi connectivity index (χ3v) is 15.0. The van der Waals surface area contributed by atoms with Crippen molar-refractivity contribution in [2.75, 3.05) is 50.4 Å². The number of unbranched alkanes of at least 4 members (excludes halogenated alkanes) is 2. The summed E-state index contributed by atoms with van der Waals surface area (Å²) in [4.78, 5) is 28.1. The number of ketones is 1. The van der Waals surface area contributed by atoms with Crippen molar-refractivity contribution in [1.82, 2.24) is 0 Å². The van der Waals surface area contributed by atoms with Gasteiger partial charge >= 0.3 is 5.97 Å². The van der Waals surface area contributed by atoms with Crippen LogP contribution in [-0.2, 0) is 43.4 Å². The molecule has 3 aliphatic rings. The summed E-state index contributed by atoms with van der Waals surface area (Å²) in [5.74, 6) is -0.481. The van der Waals surface area contributed by atoms with E-state index >= 15 is 0 Å². The van der Waals surface area contributed by atoms with E-state index in [-0.39, 0.29) is 29.1 Å². The lowest BCUT2D eigenvalue weighted by molar-refractivity contribution is -0.438. The number of fused-ring (bicyclic) bond motifs is 2. The molecule has 0 amide bonds. The molecular formula is C39H52FN2O9P4S+. The molecule has 1 aliphatic carbocycles. The van der Waals surface area contributed by atoms with Crippen LogP contribution in [0.25, 0.3) is 0 Å². The van der Waals surface area contributed by atoms with Crippen LogP contribution in [0.3, 0.4) is 0 Å². The van der Waals surface area contributed by atoms with Crippen LogP contribution in [-0.4, -0.2) is 77.9 Å². The molecule has 0 radical (unpaired) electrons. The van der Waals surface area contributed by atoms with Crippen LogP contribution < -0.4 is 15.5 Å². The van der Waals surface area contributed by atoms with Crippen molar-refractivity contribution in [3.05, 3.63) is 82.3 Å². The Labute approximate surface area is 336 Å². The van der Waals surface area contributed by atoms with E-state index in [4.69, 9.17) is 5.26 Å². The number of nitrogens with zero attached hydrogens (tertiary/aromatic N) is 2. The molecule has 2 aromatic carbocycles. The number of aliphatic hydroxyl groups is 1. The highest BCUT2D eigenvalue weighted by atomic mass is 32.2. The maximum absolute atomic E-state index is 14.1. The Balaban J connectivity index is 1.51. The highest BCUT2D eigenvalue weighted by Crippen LogP contribution is 2.51. The molecule has 17 heteroatoms. The average molecular weight is 868 g/mol. The van der Waals surface area contributed by atoms with Crippen molar-refractivity contribution < 1.29 is 51.8 Å². The summed E-state index contributed by atoms with van der Waals surface area (Å²) < 4.78 is 50.7. The van der Waals surface area contributed by atoms with E-state index in [1.54, 1.807) is 38.8 Å². The van der Waals surface area contributed by atoms with E-state index in [0.717, 1.165) is 56.6 Å². The van der Waals surface area contributed by atoms with Crippen LogP contribution in [0.4, 0.5) is 15.6 Å². The Bertz CT molecular complexity index is 2130. The lowest BCUT2D eigenvalue weighted by Gasteiger charge is -2.29.